The number of anilines is 2. The zero-order valence-corrected chi connectivity index (χ0v) is 15.5. The summed E-state index contributed by atoms with van der Waals surface area (Å²) in [4.78, 5) is 28.0. The molecule has 0 radical (unpaired) electrons. The summed E-state index contributed by atoms with van der Waals surface area (Å²) in [6.07, 6.45) is -0.615. The predicted octanol–water partition coefficient (Wildman–Crippen LogP) is 4.49. The third-order valence-electron chi connectivity index (χ3n) is 3.32. The largest absolute Gasteiger partial charge is 0.466 e. The molecule has 0 aliphatic carbocycles. The number of carbonyl (C=O) groups excluding carboxylic acids is 2. The van der Waals surface area contributed by atoms with Crippen molar-refractivity contribution >= 4 is 35.0 Å². The van der Waals surface area contributed by atoms with Crippen LogP contribution in [0.3, 0.4) is 0 Å². The lowest BCUT2D eigenvalue weighted by Gasteiger charge is -2.13. The van der Waals surface area contributed by atoms with Gasteiger partial charge in [-0.15, -0.1) is 11.8 Å². The number of pyridine rings is 1. The molecule has 0 saturated carbocycles. The summed E-state index contributed by atoms with van der Waals surface area (Å²) in [5, 5.41) is 2.58. The number of carbonyl (C=O) groups is 2. The van der Waals surface area contributed by atoms with Crippen molar-refractivity contribution in [3.8, 4) is 0 Å². The van der Waals surface area contributed by atoms with Crippen molar-refractivity contribution in [3.05, 3.63) is 47.3 Å². The lowest BCUT2D eigenvalue weighted by atomic mass is 10.1. The van der Waals surface area contributed by atoms with E-state index in [1.54, 1.807) is 13.8 Å². The molecule has 1 aromatic heterocycles. The molecule has 0 spiro atoms. The molecular formula is C18H17F3N2O3S. The van der Waals surface area contributed by atoms with Gasteiger partial charge in [0.2, 0.25) is 0 Å². The lowest BCUT2D eigenvalue weighted by molar-refractivity contribution is -0.141. The monoisotopic (exact) mass is 398 g/mol. The molecule has 0 saturated heterocycles. The molecular weight excluding hydrogens is 381 g/mol. The van der Waals surface area contributed by atoms with E-state index in [4.69, 9.17) is 4.74 Å². The van der Waals surface area contributed by atoms with Gasteiger partial charge in [-0.2, -0.15) is 0 Å². The molecule has 144 valence electrons. The zero-order valence-electron chi connectivity index (χ0n) is 14.6. The first-order chi connectivity index (χ1) is 12.8. The highest BCUT2D eigenvalue weighted by Crippen LogP contribution is 2.28. The second-order valence-corrected chi connectivity index (χ2v) is 6.51. The first kappa shape index (κ1) is 20.8. The Morgan fingerprint density at radius 2 is 1.89 bits per heavy atom. The van der Waals surface area contributed by atoms with Gasteiger partial charge in [-0.25, -0.2) is 18.2 Å². The highest BCUT2D eigenvalue weighted by atomic mass is 32.2. The van der Waals surface area contributed by atoms with Crippen LogP contribution in [0.5, 0.6) is 0 Å². The van der Waals surface area contributed by atoms with E-state index in [2.05, 4.69) is 10.3 Å². The maximum absolute atomic E-state index is 14.2. The average molecular weight is 398 g/mol. The number of hydrogen-bond donors (Lipinski definition) is 1. The fraction of sp³-hybridized carbons (Fsp3) is 0.278. The normalized spacial score (nSPS) is 10.6. The Morgan fingerprint density at radius 3 is 2.52 bits per heavy atom. The summed E-state index contributed by atoms with van der Waals surface area (Å²) in [6, 6.07) is 3.75. The SMILES string of the molecule is CCOC(=O)CC(=O)c1cc(F)c(SCC)nc1Nc1ccc(F)cc1F. The highest BCUT2D eigenvalue weighted by molar-refractivity contribution is 7.99. The smallest absolute Gasteiger partial charge is 0.313 e. The second-order valence-electron chi connectivity index (χ2n) is 5.26. The fourth-order valence-corrected chi connectivity index (χ4v) is 2.80. The third-order valence-corrected chi connectivity index (χ3v) is 4.17. The molecule has 0 bridgehead atoms. The average Bonchev–Trinajstić information content (AvgIpc) is 2.60. The number of ether oxygens (including phenoxy) is 1. The van der Waals surface area contributed by atoms with E-state index in [1.807, 2.05) is 0 Å². The molecule has 2 rings (SSSR count). The van der Waals surface area contributed by atoms with Crippen LogP contribution in [0.15, 0.2) is 29.3 Å². The number of thioether (sulfide) groups is 1. The quantitative estimate of drug-likeness (QED) is 0.306. The molecule has 0 aliphatic rings. The number of aromatic nitrogens is 1. The Balaban J connectivity index is 2.43. The van der Waals surface area contributed by atoms with Crippen LogP contribution in [-0.4, -0.2) is 29.1 Å². The highest BCUT2D eigenvalue weighted by Gasteiger charge is 2.21. The second kappa shape index (κ2) is 9.40. The van der Waals surface area contributed by atoms with Gasteiger partial charge < -0.3 is 10.1 Å². The summed E-state index contributed by atoms with van der Waals surface area (Å²) < 4.78 is 46.0. The molecule has 1 aromatic carbocycles. The maximum Gasteiger partial charge on any atom is 0.313 e. The first-order valence-electron chi connectivity index (χ1n) is 8.09. The van der Waals surface area contributed by atoms with Crippen molar-refractivity contribution in [2.75, 3.05) is 17.7 Å². The summed E-state index contributed by atoms with van der Waals surface area (Å²) in [5.74, 6) is -3.54. The number of halogens is 3. The molecule has 9 heteroatoms. The Labute approximate surface area is 158 Å². The number of Topliss-reactive ketones (excluding diaryl/α,β-unsaturated/α-hetero) is 1. The van der Waals surface area contributed by atoms with Gasteiger partial charge >= 0.3 is 5.97 Å². The maximum atomic E-state index is 14.2. The van der Waals surface area contributed by atoms with Crippen molar-refractivity contribution < 1.29 is 27.5 Å². The van der Waals surface area contributed by atoms with Crippen LogP contribution in [0.25, 0.3) is 0 Å². The summed E-state index contributed by atoms with van der Waals surface area (Å²) in [6.45, 7) is 3.47. The molecule has 0 amide bonds. The molecule has 1 N–H and O–H groups in total. The van der Waals surface area contributed by atoms with Gasteiger partial charge in [-0.05, 0) is 30.9 Å². The Hall–Kier alpha value is -2.55. The minimum absolute atomic E-state index is 0.00945. The molecule has 0 unspecified atom stereocenters. The number of nitrogens with zero attached hydrogens (tertiary/aromatic N) is 1. The Bertz CT molecular complexity index is 862. The summed E-state index contributed by atoms with van der Waals surface area (Å²) in [7, 11) is 0. The van der Waals surface area contributed by atoms with E-state index in [1.165, 1.54) is 0 Å². The predicted molar refractivity (Wildman–Crippen MR) is 95.8 cm³/mol. The van der Waals surface area contributed by atoms with Crippen LogP contribution in [0, 0.1) is 17.5 Å². The molecule has 1 heterocycles. The van der Waals surface area contributed by atoms with E-state index in [0.717, 1.165) is 30.0 Å². The van der Waals surface area contributed by atoms with E-state index in [-0.39, 0.29) is 28.7 Å². The van der Waals surface area contributed by atoms with Gasteiger partial charge in [0.25, 0.3) is 0 Å². The summed E-state index contributed by atoms with van der Waals surface area (Å²) >= 11 is 1.09. The van der Waals surface area contributed by atoms with Crippen molar-refractivity contribution in [1.29, 1.82) is 0 Å². The number of benzene rings is 1. The standard InChI is InChI=1S/C18H17F3N2O3S/c1-3-26-16(25)9-15(24)11-8-13(21)18(27-4-2)23-17(11)22-14-6-5-10(19)7-12(14)20/h5-8H,3-4,9H2,1-2H3,(H,22,23). The van der Waals surface area contributed by atoms with E-state index in [9.17, 15) is 22.8 Å². The van der Waals surface area contributed by atoms with Gasteiger partial charge in [-0.1, -0.05) is 6.92 Å². The van der Waals surface area contributed by atoms with Gasteiger partial charge in [0, 0.05) is 6.07 Å². The van der Waals surface area contributed by atoms with Crippen molar-refractivity contribution in [3.63, 3.8) is 0 Å². The number of ketones is 1. The Morgan fingerprint density at radius 1 is 1.15 bits per heavy atom. The summed E-state index contributed by atoms with van der Waals surface area (Å²) in [5.41, 5.74) is -0.377. The molecule has 0 aliphatic heterocycles. The van der Waals surface area contributed by atoms with Crippen molar-refractivity contribution in [2.24, 2.45) is 0 Å². The van der Waals surface area contributed by atoms with E-state index >= 15 is 0 Å². The topological polar surface area (TPSA) is 68.3 Å². The molecule has 2 aromatic rings. The number of nitrogens with one attached hydrogen (secondary N) is 1. The lowest BCUT2D eigenvalue weighted by Crippen LogP contribution is -2.14. The number of esters is 1. The van der Waals surface area contributed by atoms with Crippen LogP contribution >= 0.6 is 11.8 Å². The molecule has 27 heavy (non-hydrogen) atoms. The van der Waals surface area contributed by atoms with Crippen LogP contribution < -0.4 is 5.32 Å². The van der Waals surface area contributed by atoms with Gasteiger partial charge in [0.1, 0.15) is 28.9 Å². The van der Waals surface area contributed by atoms with Crippen LogP contribution in [-0.2, 0) is 9.53 Å². The minimum Gasteiger partial charge on any atom is -0.466 e. The molecule has 0 atom stereocenters. The van der Waals surface area contributed by atoms with Crippen LogP contribution in [0.1, 0.15) is 30.6 Å². The van der Waals surface area contributed by atoms with E-state index < -0.39 is 35.6 Å². The molecule has 0 fully saturated rings. The number of rotatable bonds is 8. The van der Waals surface area contributed by atoms with Crippen molar-refractivity contribution in [1.82, 2.24) is 4.98 Å². The van der Waals surface area contributed by atoms with Gasteiger partial charge in [0.15, 0.2) is 11.6 Å². The van der Waals surface area contributed by atoms with Gasteiger partial charge in [-0.3, -0.25) is 9.59 Å². The van der Waals surface area contributed by atoms with Crippen LogP contribution in [0.4, 0.5) is 24.7 Å². The minimum atomic E-state index is -0.908. The van der Waals surface area contributed by atoms with Crippen molar-refractivity contribution in [2.45, 2.75) is 25.3 Å². The molecule has 5 nitrogen and oxygen atoms in total. The van der Waals surface area contributed by atoms with Gasteiger partial charge in [0.05, 0.1) is 17.9 Å². The first-order valence-corrected chi connectivity index (χ1v) is 9.08. The van der Waals surface area contributed by atoms with E-state index in [0.29, 0.717) is 11.8 Å². The van der Waals surface area contributed by atoms with Crippen LogP contribution in [0.2, 0.25) is 0 Å². The fourth-order valence-electron chi connectivity index (χ4n) is 2.17. The third kappa shape index (κ3) is 5.46. The Kier molecular flexibility index (Phi) is 7.23. The number of hydrogen-bond acceptors (Lipinski definition) is 6. The zero-order chi connectivity index (χ0) is 20.0.